The van der Waals surface area contributed by atoms with Crippen molar-refractivity contribution in [3.63, 3.8) is 0 Å². The van der Waals surface area contributed by atoms with Crippen LogP contribution in [0.3, 0.4) is 0 Å². The Bertz CT molecular complexity index is 523. The van der Waals surface area contributed by atoms with Gasteiger partial charge in [0.05, 0.1) is 6.61 Å². The van der Waals surface area contributed by atoms with E-state index in [0.29, 0.717) is 5.92 Å². The lowest BCUT2D eigenvalue weighted by molar-refractivity contribution is -0.107. The van der Waals surface area contributed by atoms with Gasteiger partial charge in [-0.3, -0.25) is 0 Å². The van der Waals surface area contributed by atoms with Crippen molar-refractivity contribution in [2.24, 2.45) is 5.92 Å². The summed E-state index contributed by atoms with van der Waals surface area (Å²) in [7, 11) is 0. The maximum absolute atomic E-state index is 10.3. The zero-order chi connectivity index (χ0) is 17.3. The molecular weight excluding hydrogens is 310 g/mol. The number of para-hydroxylation sites is 1. The molecule has 3 nitrogen and oxygen atoms in total. The van der Waals surface area contributed by atoms with Gasteiger partial charge in [-0.25, -0.2) is 0 Å². The molecule has 3 aliphatic rings. The first-order valence-electron chi connectivity index (χ1n) is 10.3. The topological polar surface area (TPSA) is 29.5 Å². The number of piperidine rings is 3. The van der Waals surface area contributed by atoms with E-state index in [4.69, 9.17) is 4.74 Å². The number of carbonyl (C=O) groups excluding carboxylic acids is 1. The second kappa shape index (κ2) is 9.96. The highest BCUT2D eigenvalue weighted by Gasteiger charge is 2.36. The summed E-state index contributed by atoms with van der Waals surface area (Å²) in [5.74, 6) is 2.63. The van der Waals surface area contributed by atoms with Gasteiger partial charge >= 0.3 is 0 Å². The third-order valence-corrected chi connectivity index (χ3v) is 5.95. The summed E-state index contributed by atoms with van der Waals surface area (Å²) in [6.07, 6.45) is 11.5. The van der Waals surface area contributed by atoms with Gasteiger partial charge in [0.25, 0.3) is 0 Å². The van der Waals surface area contributed by atoms with Crippen LogP contribution in [0.25, 0.3) is 0 Å². The molecule has 3 heteroatoms. The van der Waals surface area contributed by atoms with Crippen LogP contribution in [0, 0.1) is 5.92 Å². The summed E-state index contributed by atoms with van der Waals surface area (Å²) in [6, 6.07) is 8.72. The van der Waals surface area contributed by atoms with Crippen LogP contribution in [-0.4, -0.2) is 37.4 Å². The highest BCUT2D eigenvalue weighted by atomic mass is 16.5. The molecule has 0 aromatic heterocycles. The molecule has 0 aliphatic carbocycles. The minimum Gasteiger partial charge on any atom is -0.493 e. The third-order valence-electron chi connectivity index (χ3n) is 5.95. The van der Waals surface area contributed by atoms with Gasteiger partial charge in [0.1, 0.15) is 12.0 Å². The summed E-state index contributed by atoms with van der Waals surface area (Å²) >= 11 is 0. The maximum atomic E-state index is 10.3. The number of nitrogens with zero attached hydrogens (tertiary/aromatic N) is 1. The number of hydrogen-bond acceptors (Lipinski definition) is 3. The van der Waals surface area contributed by atoms with E-state index in [1.54, 1.807) is 0 Å². The molecule has 4 rings (SSSR count). The third kappa shape index (κ3) is 5.31. The van der Waals surface area contributed by atoms with E-state index in [9.17, 15) is 4.79 Å². The van der Waals surface area contributed by atoms with Crippen molar-refractivity contribution in [2.45, 2.75) is 63.7 Å². The molecule has 0 N–H and O–H groups in total. The molecule has 138 valence electrons. The zero-order valence-corrected chi connectivity index (χ0v) is 15.5. The van der Waals surface area contributed by atoms with Crippen molar-refractivity contribution in [2.75, 3.05) is 26.2 Å². The summed E-state index contributed by atoms with van der Waals surface area (Å²) < 4.78 is 6.18. The molecule has 3 fully saturated rings. The Morgan fingerprint density at radius 2 is 1.72 bits per heavy atom. The minimum absolute atomic E-state index is 0.663. The van der Waals surface area contributed by atoms with E-state index in [0.717, 1.165) is 43.8 Å². The van der Waals surface area contributed by atoms with Gasteiger partial charge in [-0.15, -0.1) is 0 Å². The molecule has 0 saturated carbocycles. The summed E-state index contributed by atoms with van der Waals surface area (Å²) in [4.78, 5) is 12.9. The molecule has 3 saturated heterocycles. The van der Waals surface area contributed by atoms with Crippen LogP contribution >= 0.6 is 0 Å². The molecule has 0 radical (unpaired) electrons. The number of aldehydes is 1. The molecule has 2 bridgehead atoms. The average molecular weight is 344 g/mol. The lowest BCUT2D eigenvalue weighted by Gasteiger charge is -2.45. The van der Waals surface area contributed by atoms with E-state index >= 15 is 0 Å². The van der Waals surface area contributed by atoms with Crippen LogP contribution in [0.5, 0.6) is 5.75 Å². The molecular formula is C22H33NO2. The highest BCUT2D eigenvalue weighted by Crippen LogP contribution is 2.42. The zero-order valence-electron chi connectivity index (χ0n) is 15.5. The molecule has 0 spiro atoms. The Kier molecular flexibility index (Phi) is 7.35. The molecule has 3 heterocycles. The second-order valence-electron chi connectivity index (χ2n) is 7.71. The normalized spacial score (nSPS) is 25.0. The SMILES string of the molecule is O=CCCCCCCCCOc1ccccc1[C@@H]1CN2CCC1CC2. The summed E-state index contributed by atoms with van der Waals surface area (Å²) in [5, 5.41) is 0. The number of ether oxygens (including phenoxy) is 1. The quantitative estimate of drug-likeness (QED) is 0.427. The first kappa shape index (κ1) is 18.4. The number of hydrogen-bond donors (Lipinski definition) is 0. The van der Waals surface area contributed by atoms with Crippen LogP contribution in [0.1, 0.15) is 69.3 Å². The molecule has 1 atom stereocenters. The lowest BCUT2D eigenvalue weighted by atomic mass is 9.75. The van der Waals surface area contributed by atoms with E-state index in [2.05, 4.69) is 29.2 Å². The van der Waals surface area contributed by atoms with Gasteiger partial charge in [0.2, 0.25) is 0 Å². The van der Waals surface area contributed by atoms with Gasteiger partial charge in [-0.2, -0.15) is 0 Å². The van der Waals surface area contributed by atoms with Gasteiger partial charge in [0.15, 0.2) is 0 Å². The van der Waals surface area contributed by atoms with Crippen molar-refractivity contribution < 1.29 is 9.53 Å². The average Bonchev–Trinajstić information content (AvgIpc) is 2.68. The van der Waals surface area contributed by atoms with Gasteiger partial charge in [-0.1, -0.05) is 43.9 Å². The first-order chi connectivity index (χ1) is 12.4. The monoisotopic (exact) mass is 343 g/mol. The van der Waals surface area contributed by atoms with Gasteiger partial charge in [0, 0.05) is 18.9 Å². The van der Waals surface area contributed by atoms with Crippen molar-refractivity contribution >= 4 is 6.29 Å². The molecule has 3 aliphatic heterocycles. The Hall–Kier alpha value is -1.35. The number of fused-ring (bicyclic) bond motifs is 3. The fourth-order valence-electron chi connectivity index (χ4n) is 4.45. The number of unbranched alkanes of at least 4 members (excludes halogenated alkanes) is 6. The molecule has 1 aromatic rings. The number of benzene rings is 1. The van der Waals surface area contributed by atoms with Crippen molar-refractivity contribution in [1.29, 1.82) is 0 Å². The lowest BCUT2D eigenvalue weighted by Crippen LogP contribution is -2.46. The van der Waals surface area contributed by atoms with Crippen molar-refractivity contribution in [1.82, 2.24) is 4.90 Å². The van der Waals surface area contributed by atoms with Crippen molar-refractivity contribution in [3.8, 4) is 5.75 Å². The second-order valence-corrected chi connectivity index (χ2v) is 7.71. The fraction of sp³-hybridized carbons (Fsp3) is 0.682. The largest absolute Gasteiger partial charge is 0.493 e. The van der Waals surface area contributed by atoms with Crippen LogP contribution in [0.2, 0.25) is 0 Å². The van der Waals surface area contributed by atoms with Crippen LogP contribution in [-0.2, 0) is 4.79 Å². The van der Waals surface area contributed by atoms with Crippen LogP contribution < -0.4 is 4.74 Å². The van der Waals surface area contributed by atoms with Gasteiger partial charge in [-0.05, 0) is 56.3 Å². The van der Waals surface area contributed by atoms with Crippen LogP contribution in [0.15, 0.2) is 24.3 Å². The van der Waals surface area contributed by atoms with Crippen molar-refractivity contribution in [3.05, 3.63) is 29.8 Å². The minimum atomic E-state index is 0.663. The Morgan fingerprint density at radius 3 is 2.44 bits per heavy atom. The summed E-state index contributed by atoms with van der Waals surface area (Å²) in [5.41, 5.74) is 1.44. The number of carbonyl (C=O) groups is 1. The fourth-order valence-corrected chi connectivity index (χ4v) is 4.45. The van der Waals surface area contributed by atoms with E-state index in [-0.39, 0.29) is 0 Å². The standard InChI is InChI=1S/C22H33NO2/c24-16-8-4-2-1-3-5-9-17-25-22-11-7-6-10-20(22)21-18-23-14-12-19(21)13-15-23/h6-7,10-11,16,19,21H,1-5,8-9,12-15,17-18H2/t21-/m1/s1. The highest BCUT2D eigenvalue weighted by molar-refractivity contribution is 5.48. The first-order valence-corrected chi connectivity index (χ1v) is 10.3. The molecule has 0 unspecified atom stereocenters. The molecule has 1 aromatic carbocycles. The number of rotatable bonds is 11. The Labute approximate surface area is 152 Å². The maximum Gasteiger partial charge on any atom is 0.122 e. The Morgan fingerprint density at radius 1 is 1.00 bits per heavy atom. The molecule has 0 amide bonds. The predicted octanol–water partition coefficient (Wildman–Crippen LogP) is 4.80. The van der Waals surface area contributed by atoms with E-state index < -0.39 is 0 Å². The van der Waals surface area contributed by atoms with E-state index in [1.165, 1.54) is 63.7 Å². The predicted molar refractivity (Wildman–Crippen MR) is 102 cm³/mol. The van der Waals surface area contributed by atoms with E-state index in [1.807, 2.05) is 0 Å². The smallest absolute Gasteiger partial charge is 0.122 e. The Balaban J connectivity index is 1.40. The van der Waals surface area contributed by atoms with Crippen LogP contribution in [0.4, 0.5) is 0 Å². The summed E-state index contributed by atoms with van der Waals surface area (Å²) in [6.45, 7) is 4.62. The van der Waals surface area contributed by atoms with Gasteiger partial charge < -0.3 is 14.4 Å². The molecule has 25 heavy (non-hydrogen) atoms.